The van der Waals surface area contributed by atoms with Gasteiger partial charge in [-0.2, -0.15) is 0 Å². The van der Waals surface area contributed by atoms with Gasteiger partial charge in [0.15, 0.2) is 11.5 Å². The van der Waals surface area contributed by atoms with Gasteiger partial charge in [-0.3, -0.25) is 4.79 Å². The zero-order valence-corrected chi connectivity index (χ0v) is 10.3. The van der Waals surface area contributed by atoms with Crippen LogP contribution < -0.4 is 10.2 Å². The van der Waals surface area contributed by atoms with E-state index in [1.165, 1.54) is 0 Å². The Labute approximate surface area is 102 Å². The number of nitrogens with one attached hydrogen (secondary N) is 1. The Morgan fingerprint density at radius 3 is 2.59 bits per heavy atom. The normalized spacial score (nSPS) is 9.76. The third-order valence-corrected chi connectivity index (χ3v) is 2.38. The van der Waals surface area contributed by atoms with Crippen LogP contribution in [0.1, 0.15) is 24.3 Å². The maximum absolute atomic E-state index is 11.5. The second kappa shape index (κ2) is 6.62. The van der Waals surface area contributed by atoms with Crippen LogP contribution in [0.4, 0.5) is 5.82 Å². The minimum absolute atomic E-state index is 0.233. The molecule has 0 radical (unpaired) electrons. The third kappa shape index (κ3) is 3.55. The van der Waals surface area contributed by atoms with Crippen LogP contribution in [-0.2, 0) is 0 Å². The van der Waals surface area contributed by atoms with Crippen molar-refractivity contribution in [3.8, 4) is 0 Å². The number of nitrogens with zero attached hydrogens (tertiary/aromatic N) is 3. The Balaban J connectivity index is 2.73. The molecular formula is C12H18N4O. The number of carbonyl (C=O) groups is 1. The second-order valence-electron chi connectivity index (χ2n) is 3.45. The number of amides is 1. The van der Waals surface area contributed by atoms with Crippen molar-refractivity contribution in [2.45, 2.75) is 13.8 Å². The molecule has 5 heteroatoms. The summed E-state index contributed by atoms with van der Waals surface area (Å²) < 4.78 is 0. The first-order chi connectivity index (χ1) is 8.22. The van der Waals surface area contributed by atoms with Crippen molar-refractivity contribution >= 4 is 11.7 Å². The average molecular weight is 234 g/mol. The zero-order chi connectivity index (χ0) is 12.7. The summed E-state index contributed by atoms with van der Waals surface area (Å²) in [5.41, 5.74) is 0.322. The van der Waals surface area contributed by atoms with Gasteiger partial charge in [0.25, 0.3) is 5.91 Å². The van der Waals surface area contributed by atoms with E-state index in [0.29, 0.717) is 12.2 Å². The number of carbonyl (C=O) groups excluding carboxylic acids is 1. The molecule has 0 atom stereocenters. The molecule has 0 saturated heterocycles. The Kier molecular flexibility index (Phi) is 5.13. The lowest BCUT2D eigenvalue weighted by Gasteiger charge is -2.18. The lowest BCUT2D eigenvalue weighted by atomic mass is 10.3. The van der Waals surface area contributed by atoms with E-state index < -0.39 is 0 Å². The molecule has 92 valence electrons. The highest BCUT2D eigenvalue weighted by Crippen LogP contribution is 2.08. The highest BCUT2D eigenvalue weighted by Gasteiger charge is 2.08. The first kappa shape index (κ1) is 13.2. The number of hydrogen-bond donors (Lipinski definition) is 1. The summed E-state index contributed by atoms with van der Waals surface area (Å²) >= 11 is 0. The maximum atomic E-state index is 11.5. The van der Waals surface area contributed by atoms with E-state index in [9.17, 15) is 4.79 Å². The van der Waals surface area contributed by atoms with Gasteiger partial charge in [0.05, 0.1) is 0 Å². The molecule has 0 bridgehead atoms. The summed E-state index contributed by atoms with van der Waals surface area (Å²) in [4.78, 5) is 13.6. The summed E-state index contributed by atoms with van der Waals surface area (Å²) in [7, 11) is 0. The quantitative estimate of drug-likeness (QED) is 0.752. The summed E-state index contributed by atoms with van der Waals surface area (Å²) in [5, 5.41) is 10.6. The molecule has 0 aliphatic rings. The van der Waals surface area contributed by atoms with Gasteiger partial charge in [-0.15, -0.1) is 16.8 Å². The van der Waals surface area contributed by atoms with Gasteiger partial charge >= 0.3 is 0 Å². The molecule has 0 aromatic carbocycles. The SMILES string of the molecule is C=CCNC(=O)c1ccc(N(CC)CC)nn1. The van der Waals surface area contributed by atoms with Crippen LogP contribution in [-0.4, -0.2) is 35.7 Å². The summed E-state index contributed by atoms with van der Waals surface area (Å²) in [6.45, 7) is 9.80. The van der Waals surface area contributed by atoms with Crippen molar-refractivity contribution in [3.05, 3.63) is 30.5 Å². The molecule has 1 N–H and O–H groups in total. The molecule has 5 nitrogen and oxygen atoms in total. The predicted octanol–water partition coefficient (Wildman–Crippen LogP) is 1.24. The molecule has 0 aliphatic heterocycles. The Morgan fingerprint density at radius 1 is 1.41 bits per heavy atom. The van der Waals surface area contributed by atoms with Gasteiger partial charge in [-0.1, -0.05) is 6.08 Å². The van der Waals surface area contributed by atoms with Gasteiger partial charge < -0.3 is 10.2 Å². The fraction of sp³-hybridized carbons (Fsp3) is 0.417. The van der Waals surface area contributed by atoms with Crippen molar-refractivity contribution in [1.29, 1.82) is 0 Å². The standard InChI is InChI=1S/C12H18N4O/c1-4-9-13-12(17)10-7-8-11(15-14-10)16(5-2)6-3/h4,7-8H,1,5-6,9H2,2-3H3,(H,13,17). The van der Waals surface area contributed by atoms with E-state index in [2.05, 4.69) is 40.8 Å². The summed E-state index contributed by atoms with van der Waals surface area (Å²) in [6, 6.07) is 3.49. The molecule has 0 fully saturated rings. The van der Waals surface area contributed by atoms with Gasteiger partial charge in [-0.25, -0.2) is 0 Å². The fourth-order valence-corrected chi connectivity index (χ4v) is 1.42. The van der Waals surface area contributed by atoms with Crippen molar-refractivity contribution in [2.75, 3.05) is 24.5 Å². The highest BCUT2D eigenvalue weighted by molar-refractivity contribution is 5.92. The van der Waals surface area contributed by atoms with Crippen molar-refractivity contribution in [1.82, 2.24) is 15.5 Å². The molecule has 1 rings (SSSR count). The largest absolute Gasteiger partial charge is 0.356 e. The average Bonchev–Trinajstić information content (AvgIpc) is 2.38. The van der Waals surface area contributed by atoms with E-state index in [1.807, 2.05) is 6.07 Å². The molecule has 17 heavy (non-hydrogen) atoms. The lowest BCUT2D eigenvalue weighted by Crippen LogP contribution is -2.26. The first-order valence-corrected chi connectivity index (χ1v) is 5.70. The van der Waals surface area contributed by atoms with Gasteiger partial charge in [0.2, 0.25) is 0 Å². The van der Waals surface area contributed by atoms with Crippen LogP contribution in [0.25, 0.3) is 0 Å². The van der Waals surface area contributed by atoms with Crippen LogP contribution in [0.2, 0.25) is 0 Å². The van der Waals surface area contributed by atoms with E-state index in [-0.39, 0.29) is 5.91 Å². The van der Waals surface area contributed by atoms with Gasteiger partial charge in [0.1, 0.15) is 0 Å². The molecule has 1 aromatic heterocycles. The van der Waals surface area contributed by atoms with E-state index in [0.717, 1.165) is 18.9 Å². The fourth-order valence-electron chi connectivity index (χ4n) is 1.42. The maximum Gasteiger partial charge on any atom is 0.272 e. The monoisotopic (exact) mass is 234 g/mol. The van der Waals surface area contributed by atoms with E-state index in [4.69, 9.17) is 0 Å². The van der Waals surface area contributed by atoms with Crippen LogP contribution in [0.5, 0.6) is 0 Å². The molecule has 0 unspecified atom stereocenters. The summed E-state index contributed by atoms with van der Waals surface area (Å²) in [6.07, 6.45) is 1.62. The molecule has 1 aromatic rings. The Morgan fingerprint density at radius 2 is 2.12 bits per heavy atom. The highest BCUT2D eigenvalue weighted by atomic mass is 16.1. The molecule has 0 aliphatic carbocycles. The number of rotatable bonds is 6. The minimum Gasteiger partial charge on any atom is -0.356 e. The molecule has 1 amide bonds. The van der Waals surface area contributed by atoms with Crippen LogP contribution >= 0.6 is 0 Å². The zero-order valence-electron chi connectivity index (χ0n) is 10.3. The van der Waals surface area contributed by atoms with E-state index in [1.54, 1.807) is 12.1 Å². The molecule has 0 spiro atoms. The molecular weight excluding hydrogens is 216 g/mol. The topological polar surface area (TPSA) is 58.1 Å². The van der Waals surface area contributed by atoms with Crippen LogP contribution in [0.3, 0.4) is 0 Å². The van der Waals surface area contributed by atoms with Gasteiger partial charge in [-0.05, 0) is 26.0 Å². The van der Waals surface area contributed by atoms with Crippen molar-refractivity contribution in [3.63, 3.8) is 0 Å². The molecule has 1 heterocycles. The van der Waals surface area contributed by atoms with Gasteiger partial charge in [0, 0.05) is 19.6 Å². The Bertz CT molecular complexity index is 371. The smallest absolute Gasteiger partial charge is 0.272 e. The second-order valence-corrected chi connectivity index (χ2v) is 3.45. The van der Waals surface area contributed by atoms with Crippen LogP contribution in [0, 0.1) is 0 Å². The van der Waals surface area contributed by atoms with Crippen LogP contribution in [0.15, 0.2) is 24.8 Å². The van der Waals surface area contributed by atoms with Crippen molar-refractivity contribution < 1.29 is 4.79 Å². The first-order valence-electron chi connectivity index (χ1n) is 5.70. The molecule has 0 saturated carbocycles. The van der Waals surface area contributed by atoms with E-state index >= 15 is 0 Å². The minimum atomic E-state index is -0.233. The number of hydrogen-bond acceptors (Lipinski definition) is 4. The third-order valence-electron chi connectivity index (χ3n) is 2.38. The Hall–Kier alpha value is -1.91. The predicted molar refractivity (Wildman–Crippen MR) is 68.1 cm³/mol. The lowest BCUT2D eigenvalue weighted by molar-refractivity contribution is 0.0952. The van der Waals surface area contributed by atoms with Crippen molar-refractivity contribution in [2.24, 2.45) is 0 Å². The number of anilines is 1. The summed E-state index contributed by atoms with van der Waals surface area (Å²) in [5.74, 6) is 0.554. The number of aromatic nitrogens is 2.